The second-order valence-corrected chi connectivity index (χ2v) is 9.64. The van der Waals surface area contributed by atoms with Crippen molar-refractivity contribution in [2.75, 3.05) is 92.9 Å². The molecule has 5 rings (SSSR count). The third-order valence-electron chi connectivity index (χ3n) is 6.15. The average Bonchev–Trinajstić information content (AvgIpc) is 3.02. The summed E-state index contributed by atoms with van der Waals surface area (Å²) in [4.78, 5) is 0. The van der Waals surface area contributed by atoms with Crippen LogP contribution in [-0.4, -0.2) is 92.9 Å². The Hall–Kier alpha value is 1.37. The molecule has 0 atom stereocenters. The molecule has 5 heterocycles. The number of ether oxygens (including phenoxy) is 2. The summed E-state index contributed by atoms with van der Waals surface area (Å²) in [7, 11) is 3.30. The molecule has 0 aliphatic carbocycles. The zero-order valence-electron chi connectivity index (χ0n) is 25.6. The van der Waals surface area contributed by atoms with Crippen molar-refractivity contribution in [3.05, 3.63) is 26.6 Å². The van der Waals surface area contributed by atoms with Crippen LogP contribution in [0.2, 0.25) is 0 Å². The molecule has 0 aromatic rings. The van der Waals surface area contributed by atoms with Crippen molar-refractivity contribution >= 4 is 0 Å². The number of methoxy groups -OCH3 is 2. The average molecular weight is 756 g/mol. The van der Waals surface area contributed by atoms with E-state index >= 15 is 0 Å². The summed E-state index contributed by atoms with van der Waals surface area (Å²) in [6.07, 6.45) is 20.4. The van der Waals surface area contributed by atoms with Crippen LogP contribution in [0.5, 0.6) is 0 Å². The summed E-state index contributed by atoms with van der Waals surface area (Å²) in [6.45, 7) is 12.6. The van der Waals surface area contributed by atoms with Gasteiger partial charge in [-0.05, 0) is 0 Å². The summed E-state index contributed by atoms with van der Waals surface area (Å²) in [5, 5.41) is 20.9. The van der Waals surface area contributed by atoms with Crippen molar-refractivity contribution in [2.45, 2.75) is 96.3 Å². The third kappa shape index (κ3) is 41.8. The van der Waals surface area contributed by atoms with Gasteiger partial charge in [0.15, 0.2) is 0 Å². The largest absolute Gasteiger partial charge is 4.00 e. The SMILES string of the molecule is C1CC[N-]CC1.C1CC[N-]CC1.C1CC[N-]CC1.C1CC[N-]CC1.C1CC[N-]CC1.COCCOC.[Li+].[U+4]. The van der Waals surface area contributed by atoms with E-state index in [4.69, 9.17) is 0 Å². The van der Waals surface area contributed by atoms with E-state index in [0.717, 1.165) is 65.4 Å². The normalized spacial score (nSPS) is 20.4. The molecule has 0 amide bonds. The van der Waals surface area contributed by atoms with Gasteiger partial charge < -0.3 is 36.1 Å². The van der Waals surface area contributed by atoms with Crippen molar-refractivity contribution < 1.29 is 59.4 Å². The maximum Gasteiger partial charge on any atom is 4.00 e. The minimum atomic E-state index is 0. The molecular formula is C29H60LiN5O2U. The molecule has 0 radical (unpaired) electrons. The molecule has 7 nitrogen and oxygen atoms in total. The fraction of sp³-hybridized carbons (Fsp3) is 1.00. The first-order valence-electron chi connectivity index (χ1n) is 15.1. The van der Waals surface area contributed by atoms with Gasteiger partial charge in [-0.25, -0.2) is 0 Å². The van der Waals surface area contributed by atoms with Gasteiger partial charge in [-0.1, -0.05) is 96.3 Å². The van der Waals surface area contributed by atoms with E-state index in [-0.39, 0.29) is 50.0 Å². The fourth-order valence-corrected chi connectivity index (χ4v) is 3.85. The Morgan fingerprint density at radius 2 is 0.500 bits per heavy atom. The number of rotatable bonds is 3. The first-order valence-corrected chi connectivity index (χ1v) is 15.1. The molecule has 0 aromatic heterocycles. The van der Waals surface area contributed by atoms with E-state index in [9.17, 15) is 0 Å². The van der Waals surface area contributed by atoms with Gasteiger partial charge in [-0.3, -0.25) is 0 Å². The van der Waals surface area contributed by atoms with Gasteiger partial charge in [0.1, 0.15) is 0 Å². The Bertz CT molecular complexity index is 240. The fourth-order valence-electron chi connectivity index (χ4n) is 3.85. The second-order valence-electron chi connectivity index (χ2n) is 9.64. The minimum Gasteiger partial charge on any atom is -0.662 e. The summed E-state index contributed by atoms with van der Waals surface area (Å²) in [6, 6.07) is 0. The molecule has 5 aliphatic rings. The molecule has 0 spiro atoms. The Balaban J connectivity index is -0.000000383. The van der Waals surface area contributed by atoms with Gasteiger partial charge in [0.25, 0.3) is 0 Å². The van der Waals surface area contributed by atoms with E-state index in [1.807, 2.05) is 0 Å². The van der Waals surface area contributed by atoms with Crippen molar-refractivity contribution in [3.8, 4) is 0 Å². The second kappa shape index (κ2) is 42.8. The molecule has 218 valence electrons. The van der Waals surface area contributed by atoms with Crippen LogP contribution in [0.3, 0.4) is 0 Å². The van der Waals surface area contributed by atoms with Gasteiger partial charge in [-0.15, -0.1) is 65.4 Å². The van der Waals surface area contributed by atoms with Crippen molar-refractivity contribution in [3.63, 3.8) is 0 Å². The molecule has 0 unspecified atom stereocenters. The Morgan fingerprint density at radius 3 is 0.553 bits per heavy atom. The van der Waals surface area contributed by atoms with Crippen molar-refractivity contribution in [2.24, 2.45) is 0 Å². The topological polar surface area (TPSA) is 89.0 Å². The molecule has 0 saturated carbocycles. The number of piperidine rings is 5. The number of nitrogens with zero attached hydrogens (tertiary/aromatic N) is 5. The van der Waals surface area contributed by atoms with Crippen LogP contribution >= 0.6 is 0 Å². The van der Waals surface area contributed by atoms with Crippen molar-refractivity contribution in [1.29, 1.82) is 0 Å². The predicted octanol–water partition coefficient (Wildman–Crippen LogP) is 5.00. The van der Waals surface area contributed by atoms with Gasteiger partial charge in [0, 0.05) is 14.2 Å². The first kappa shape index (κ1) is 43.8. The quantitative estimate of drug-likeness (QED) is 0.300. The van der Waals surface area contributed by atoms with Crippen molar-refractivity contribution in [1.82, 2.24) is 0 Å². The van der Waals surface area contributed by atoms with Crippen LogP contribution in [0.1, 0.15) is 96.3 Å². The van der Waals surface area contributed by atoms with Crippen LogP contribution in [0.25, 0.3) is 26.6 Å². The number of hydrogen-bond acceptors (Lipinski definition) is 2. The molecule has 5 aliphatic heterocycles. The maximum absolute atomic E-state index is 4.66. The van der Waals surface area contributed by atoms with Gasteiger partial charge >= 0.3 is 50.0 Å². The van der Waals surface area contributed by atoms with E-state index < -0.39 is 0 Å². The van der Waals surface area contributed by atoms with E-state index in [0.29, 0.717) is 13.2 Å². The first-order chi connectivity index (χ1) is 17.9. The van der Waals surface area contributed by atoms with Crippen LogP contribution in [0.4, 0.5) is 0 Å². The van der Waals surface area contributed by atoms with Gasteiger partial charge in [-0.2, -0.15) is 0 Å². The third-order valence-corrected chi connectivity index (χ3v) is 6.15. The monoisotopic (exact) mass is 756 g/mol. The smallest absolute Gasteiger partial charge is 0.662 e. The Kier molecular flexibility index (Phi) is 49.4. The van der Waals surface area contributed by atoms with Crippen LogP contribution in [0.15, 0.2) is 0 Å². The van der Waals surface area contributed by atoms with E-state index in [2.05, 4.69) is 36.1 Å². The maximum atomic E-state index is 4.66. The molecular weight excluding hydrogens is 695 g/mol. The zero-order chi connectivity index (χ0) is 26.0. The molecule has 0 aromatic carbocycles. The van der Waals surface area contributed by atoms with Crippen LogP contribution in [0, 0.1) is 31.1 Å². The summed E-state index contributed by atoms with van der Waals surface area (Å²) >= 11 is 0. The van der Waals surface area contributed by atoms with Gasteiger partial charge in [0.05, 0.1) is 13.2 Å². The molecule has 0 bridgehead atoms. The standard InChI is InChI=1S/5C5H10N.C4H10O2.Li.U/c5*1-2-4-6-5-3-1;1-5-3-4-6-2;;/h5*1-5H2;3-4H2,1-2H3;;/q5*-1;;+1;+4. The van der Waals surface area contributed by atoms with Crippen LogP contribution in [-0.2, 0) is 9.47 Å². The summed E-state index contributed by atoms with van der Waals surface area (Å²) in [5.41, 5.74) is 0. The Morgan fingerprint density at radius 1 is 0.342 bits per heavy atom. The molecule has 38 heavy (non-hydrogen) atoms. The zero-order valence-corrected chi connectivity index (χ0v) is 29.8. The minimum absolute atomic E-state index is 0. The molecule has 5 saturated heterocycles. The van der Waals surface area contributed by atoms with Crippen LogP contribution < -0.4 is 18.9 Å². The summed E-state index contributed by atoms with van der Waals surface area (Å²) < 4.78 is 9.31. The van der Waals surface area contributed by atoms with E-state index in [1.54, 1.807) is 14.2 Å². The number of hydrogen-bond donors (Lipinski definition) is 0. The summed E-state index contributed by atoms with van der Waals surface area (Å²) in [5.74, 6) is 0. The van der Waals surface area contributed by atoms with E-state index in [1.165, 1.54) is 96.3 Å². The molecule has 5 fully saturated rings. The van der Waals surface area contributed by atoms with Gasteiger partial charge in [0.2, 0.25) is 0 Å². The molecule has 0 N–H and O–H groups in total. The predicted molar refractivity (Wildman–Crippen MR) is 158 cm³/mol. The molecule has 9 heteroatoms. The Labute approximate surface area is 273 Å².